The molecule has 4 aromatic rings. The van der Waals surface area contributed by atoms with Gasteiger partial charge in [-0.3, -0.25) is 4.98 Å². The largest absolute Gasteiger partial charge is 0.263 e. The summed E-state index contributed by atoms with van der Waals surface area (Å²) in [5.74, 6) is 0.982. The van der Waals surface area contributed by atoms with Gasteiger partial charge in [-0.15, -0.1) is 10.2 Å². The zero-order valence-corrected chi connectivity index (χ0v) is 15.3. The molecule has 7 heteroatoms. The third-order valence-corrected chi connectivity index (χ3v) is 5.32. The van der Waals surface area contributed by atoms with E-state index in [1.807, 2.05) is 16.6 Å². The van der Waals surface area contributed by atoms with E-state index >= 15 is 0 Å². The highest BCUT2D eigenvalue weighted by Crippen LogP contribution is 2.32. The van der Waals surface area contributed by atoms with Crippen molar-refractivity contribution in [2.24, 2.45) is 0 Å². The zero-order valence-electron chi connectivity index (χ0n) is 12.9. The van der Waals surface area contributed by atoms with Crippen LogP contribution in [0.3, 0.4) is 0 Å². The van der Waals surface area contributed by atoms with Crippen LogP contribution in [0.5, 0.6) is 0 Å². The van der Waals surface area contributed by atoms with E-state index in [0.717, 1.165) is 26.4 Å². The van der Waals surface area contributed by atoms with Crippen LogP contribution < -0.4 is 0 Å². The molecule has 0 unspecified atom stereocenters. The van der Waals surface area contributed by atoms with Gasteiger partial charge in [0.05, 0.1) is 0 Å². The number of pyridine rings is 1. The summed E-state index contributed by atoms with van der Waals surface area (Å²) in [6.45, 7) is 2.18. The molecule has 4 rings (SSSR count). The Balaban J connectivity index is 1.79. The van der Waals surface area contributed by atoms with Crippen molar-refractivity contribution in [3.05, 3.63) is 63.8 Å². The molecule has 0 aliphatic carbocycles. The third kappa shape index (κ3) is 2.74. The molecule has 0 fully saturated rings. The van der Waals surface area contributed by atoms with Crippen molar-refractivity contribution < 1.29 is 0 Å². The fraction of sp³-hybridized carbons (Fsp3) is 0.176. The van der Waals surface area contributed by atoms with Crippen molar-refractivity contribution in [3.8, 4) is 11.4 Å². The van der Waals surface area contributed by atoms with Crippen LogP contribution in [0.25, 0.3) is 16.3 Å². The number of benzene rings is 1. The summed E-state index contributed by atoms with van der Waals surface area (Å²) in [4.78, 5) is 5.00. The summed E-state index contributed by atoms with van der Waals surface area (Å²) in [5, 5.41) is 14.4. The van der Waals surface area contributed by atoms with E-state index in [9.17, 15) is 0 Å². The number of fused-ring (bicyclic) bond motifs is 1. The van der Waals surface area contributed by atoms with Crippen LogP contribution in [-0.4, -0.2) is 24.8 Å². The molecule has 0 radical (unpaired) electrons. The Labute approximate surface area is 151 Å². The van der Waals surface area contributed by atoms with E-state index in [1.54, 1.807) is 23.7 Å². The Morgan fingerprint density at radius 2 is 2.00 bits per heavy atom. The Hall–Kier alpha value is -2.12. The van der Waals surface area contributed by atoms with Gasteiger partial charge in [-0.1, -0.05) is 48.6 Å². The Morgan fingerprint density at radius 3 is 2.75 bits per heavy atom. The molecule has 0 bridgehead atoms. The summed E-state index contributed by atoms with van der Waals surface area (Å²) in [7, 11) is 0. The van der Waals surface area contributed by atoms with Gasteiger partial charge < -0.3 is 0 Å². The van der Waals surface area contributed by atoms with Crippen molar-refractivity contribution in [1.29, 1.82) is 0 Å². The predicted molar refractivity (Wildman–Crippen MR) is 98.2 cm³/mol. The minimum Gasteiger partial charge on any atom is -0.263 e. The van der Waals surface area contributed by atoms with Crippen LogP contribution in [0.1, 0.15) is 29.8 Å². The van der Waals surface area contributed by atoms with Crippen LogP contribution in [0, 0.1) is 0 Å². The minimum atomic E-state index is 0.270. The average molecular weight is 400 g/mol. The molecule has 5 nitrogen and oxygen atoms in total. The molecular weight excluding hydrogens is 386 g/mol. The Bertz CT molecular complexity index is 979. The first kappa shape index (κ1) is 15.4. The highest BCUT2D eigenvalue weighted by Gasteiger charge is 2.20. The van der Waals surface area contributed by atoms with Crippen LogP contribution >= 0.6 is 27.3 Å². The van der Waals surface area contributed by atoms with Gasteiger partial charge >= 0.3 is 0 Å². The Morgan fingerprint density at radius 1 is 1.17 bits per heavy atom. The number of aromatic nitrogens is 5. The van der Waals surface area contributed by atoms with Gasteiger partial charge in [0.2, 0.25) is 4.96 Å². The van der Waals surface area contributed by atoms with E-state index in [4.69, 9.17) is 5.10 Å². The highest BCUT2D eigenvalue weighted by molar-refractivity contribution is 9.10. The normalized spacial score (nSPS) is 12.6. The summed E-state index contributed by atoms with van der Waals surface area (Å²) < 4.78 is 2.72. The quantitative estimate of drug-likeness (QED) is 0.504. The molecule has 0 saturated carbocycles. The average Bonchev–Trinajstić information content (AvgIpc) is 3.17. The molecule has 0 amide bonds. The second-order valence-electron chi connectivity index (χ2n) is 5.42. The van der Waals surface area contributed by atoms with Gasteiger partial charge in [0.1, 0.15) is 5.01 Å². The van der Waals surface area contributed by atoms with Crippen LogP contribution in [0.15, 0.2) is 53.3 Å². The molecule has 0 saturated heterocycles. The standard InChI is InChI=1S/C17H14BrN5S/c1-2-14(11-6-4-3-5-7-11)16-22-23-15(20-21-17(23)24-16)12-8-13(18)10-19-9-12/h3-10,14H,2H2,1H3/t14-/m0/s1. The van der Waals surface area contributed by atoms with Gasteiger partial charge in [-0.05, 0) is 34.0 Å². The van der Waals surface area contributed by atoms with Crippen LogP contribution in [-0.2, 0) is 0 Å². The first-order valence-corrected chi connectivity index (χ1v) is 9.25. The highest BCUT2D eigenvalue weighted by atomic mass is 79.9. The Kier molecular flexibility index (Phi) is 4.12. The lowest BCUT2D eigenvalue weighted by atomic mass is 9.97. The molecule has 3 aromatic heterocycles. The van der Waals surface area contributed by atoms with Gasteiger partial charge in [0.15, 0.2) is 5.82 Å². The maximum atomic E-state index is 4.79. The van der Waals surface area contributed by atoms with Crippen molar-refractivity contribution in [2.75, 3.05) is 0 Å². The number of halogens is 1. The molecule has 24 heavy (non-hydrogen) atoms. The van der Waals surface area contributed by atoms with Gasteiger partial charge in [-0.25, -0.2) is 0 Å². The van der Waals surface area contributed by atoms with Crippen molar-refractivity contribution in [1.82, 2.24) is 24.8 Å². The number of nitrogens with zero attached hydrogens (tertiary/aromatic N) is 5. The first-order chi connectivity index (χ1) is 11.8. The van der Waals surface area contributed by atoms with Crippen molar-refractivity contribution in [3.63, 3.8) is 0 Å². The lowest BCUT2D eigenvalue weighted by molar-refractivity contribution is 0.743. The zero-order chi connectivity index (χ0) is 16.5. The molecule has 1 aromatic carbocycles. The summed E-state index contributed by atoms with van der Waals surface area (Å²) in [6, 6.07) is 12.4. The van der Waals surface area contributed by atoms with Gasteiger partial charge in [0.25, 0.3) is 0 Å². The lowest BCUT2D eigenvalue weighted by Gasteiger charge is -2.11. The lowest BCUT2D eigenvalue weighted by Crippen LogP contribution is -2.01. The summed E-state index contributed by atoms with van der Waals surface area (Å²) in [6.07, 6.45) is 4.51. The van der Waals surface area contributed by atoms with Gasteiger partial charge in [0, 0.05) is 28.3 Å². The maximum absolute atomic E-state index is 4.79. The summed E-state index contributed by atoms with van der Waals surface area (Å²) >= 11 is 5.03. The van der Waals surface area contributed by atoms with Crippen molar-refractivity contribution >= 4 is 32.2 Å². The molecular formula is C17H14BrN5S. The van der Waals surface area contributed by atoms with E-state index in [1.165, 1.54) is 5.56 Å². The molecule has 0 aliphatic heterocycles. The molecule has 0 N–H and O–H groups in total. The smallest absolute Gasteiger partial charge is 0.234 e. The fourth-order valence-corrected chi connectivity index (χ4v) is 4.14. The second kappa shape index (κ2) is 6.41. The van der Waals surface area contributed by atoms with Crippen LogP contribution in [0.4, 0.5) is 0 Å². The van der Waals surface area contributed by atoms with E-state index < -0.39 is 0 Å². The van der Waals surface area contributed by atoms with E-state index in [2.05, 4.69) is 62.3 Å². The molecule has 0 aliphatic rings. The summed E-state index contributed by atoms with van der Waals surface area (Å²) in [5.41, 5.74) is 2.16. The maximum Gasteiger partial charge on any atom is 0.234 e. The molecule has 120 valence electrons. The minimum absolute atomic E-state index is 0.270. The molecule has 0 spiro atoms. The topological polar surface area (TPSA) is 56.0 Å². The molecule has 1 atom stereocenters. The third-order valence-electron chi connectivity index (χ3n) is 3.88. The number of rotatable bonds is 4. The predicted octanol–water partition coefficient (Wildman–Crippen LogP) is 4.55. The SMILES string of the molecule is CC[C@@H](c1ccccc1)c1nn2c(-c3cncc(Br)c3)nnc2s1. The van der Waals surface area contributed by atoms with E-state index in [0.29, 0.717) is 5.82 Å². The first-order valence-electron chi connectivity index (χ1n) is 7.64. The number of hydrogen-bond donors (Lipinski definition) is 0. The second-order valence-corrected chi connectivity index (χ2v) is 7.32. The monoisotopic (exact) mass is 399 g/mol. The van der Waals surface area contributed by atoms with Crippen molar-refractivity contribution in [2.45, 2.75) is 19.3 Å². The molecule has 3 heterocycles. The number of hydrogen-bond acceptors (Lipinski definition) is 5. The van der Waals surface area contributed by atoms with Crippen LogP contribution in [0.2, 0.25) is 0 Å². The van der Waals surface area contributed by atoms with E-state index in [-0.39, 0.29) is 5.92 Å². The fourth-order valence-electron chi connectivity index (χ4n) is 2.72. The van der Waals surface area contributed by atoms with Gasteiger partial charge in [-0.2, -0.15) is 9.61 Å².